The van der Waals surface area contributed by atoms with Crippen molar-refractivity contribution in [3.8, 4) is 0 Å². The Labute approximate surface area is 143 Å². The van der Waals surface area contributed by atoms with Gasteiger partial charge in [-0.05, 0) is 42.6 Å². The highest BCUT2D eigenvalue weighted by atomic mass is 16.1. The Morgan fingerprint density at radius 2 is 1.50 bits per heavy atom. The number of nitrogens with one attached hydrogen (secondary N) is 1. The number of nitrogens with two attached hydrogens (primary N) is 1. The van der Waals surface area contributed by atoms with Gasteiger partial charge in [0, 0.05) is 18.5 Å². The molecule has 0 saturated heterocycles. The Morgan fingerprint density at radius 1 is 0.833 bits per heavy atom. The monoisotopic (exact) mass is 324 g/mol. The van der Waals surface area contributed by atoms with E-state index in [0.717, 1.165) is 29.7 Å². The van der Waals surface area contributed by atoms with E-state index in [2.05, 4.69) is 5.32 Å². The quantitative estimate of drug-likeness (QED) is 0.696. The molecule has 1 amide bonds. The Kier molecular flexibility index (Phi) is 7.18. The van der Waals surface area contributed by atoms with Crippen LogP contribution < -0.4 is 11.1 Å². The number of hydrogen-bond donors (Lipinski definition) is 2. The van der Waals surface area contributed by atoms with E-state index >= 15 is 0 Å². The van der Waals surface area contributed by atoms with Gasteiger partial charge in [0.15, 0.2) is 0 Å². The summed E-state index contributed by atoms with van der Waals surface area (Å²) in [4.78, 5) is 23.9. The maximum atomic E-state index is 12.0. The highest BCUT2D eigenvalue weighted by Gasteiger charge is 2.06. The molecule has 0 aliphatic rings. The predicted octanol–water partition coefficient (Wildman–Crippen LogP) is 3.11. The van der Waals surface area contributed by atoms with Gasteiger partial charge in [0.05, 0.1) is 6.42 Å². The van der Waals surface area contributed by atoms with E-state index in [4.69, 9.17) is 5.73 Å². The lowest BCUT2D eigenvalue weighted by Gasteiger charge is -2.07. The summed E-state index contributed by atoms with van der Waals surface area (Å²) in [5.41, 5.74) is 8.12. The molecule has 2 aromatic carbocycles. The van der Waals surface area contributed by atoms with Crippen LogP contribution in [0.1, 0.15) is 30.4 Å². The van der Waals surface area contributed by atoms with Crippen molar-refractivity contribution >= 4 is 17.4 Å². The standard InChI is InChI=1S/C20H24N2O2/c21-13-5-4-8-19(23)14-17-9-11-18(12-10-17)22-20(24)15-16-6-2-1-3-7-16/h1-3,6-7,9-12H,4-5,8,13-15,21H2,(H,22,24). The Hall–Kier alpha value is -2.46. The minimum absolute atomic E-state index is 0.0492. The van der Waals surface area contributed by atoms with Gasteiger partial charge in [0.2, 0.25) is 5.91 Å². The first-order valence-electron chi connectivity index (χ1n) is 8.32. The van der Waals surface area contributed by atoms with E-state index in [1.807, 2.05) is 54.6 Å². The normalized spacial score (nSPS) is 10.4. The lowest BCUT2D eigenvalue weighted by atomic mass is 10.0. The first kappa shape index (κ1) is 17.9. The Morgan fingerprint density at radius 3 is 2.17 bits per heavy atom. The van der Waals surface area contributed by atoms with Gasteiger partial charge in [-0.2, -0.15) is 0 Å². The van der Waals surface area contributed by atoms with Gasteiger partial charge in [-0.3, -0.25) is 9.59 Å². The molecular weight excluding hydrogens is 300 g/mol. The first-order valence-corrected chi connectivity index (χ1v) is 8.32. The first-order chi connectivity index (χ1) is 11.7. The third-order valence-corrected chi connectivity index (χ3v) is 3.76. The molecule has 4 nitrogen and oxygen atoms in total. The fourth-order valence-electron chi connectivity index (χ4n) is 2.47. The molecule has 126 valence electrons. The topological polar surface area (TPSA) is 72.2 Å². The van der Waals surface area contributed by atoms with Crippen LogP contribution in [0.25, 0.3) is 0 Å². The minimum Gasteiger partial charge on any atom is -0.330 e. The van der Waals surface area contributed by atoms with Crippen LogP contribution >= 0.6 is 0 Å². The van der Waals surface area contributed by atoms with Crippen LogP contribution in [0.2, 0.25) is 0 Å². The predicted molar refractivity (Wildman–Crippen MR) is 96.8 cm³/mol. The van der Waals surface area contributed by atoms with Gasteiger partial charge >= 0.3 is 0 Å². The molecule has 2 aromatic rings. The molecule has 3 N–H and O–H groups in total. The molecule has 0 spiro atoms. The van der Waals surface area contributed by atoms with Crippen LogP contribution in [0.3, 0.4) is 0 Å². The summed E-state index contributed by atoms with van der Waals surface area (Å²) in [5.74, 6) is 0.177. The fourth-order valence-corrected chi connectivity index (χ4v) is 2.47. The van der Waals surface area contributed by atoms with Crippen LogP contribution in [0.4, 0.5) is 5.69 Å². The third kappa shape index (κ3) is 6.34. The van der Waals surface area contributed by atoms with Gasteiger partial charge < -0.3 is 11.1 Å². The van der Waals surface area contributed by atoms with Crippen molar-refractivity contribution in [2.75, 3.05) is 11.9 Å². The molecule has 4 heteroatoms. The molecule has 0 saturated carbocycles. The van der Waals surface area contributed by atoms with E-state index in [0.29, 0.717) is 25.8 Å². The zero-order valence-electron chi connectivity index (χ0n) is 13.8. The molecule has 0 heterocycles. The largest absolute Gasteiger partial charge is 0.330 e. The van der Waals surface area contributed by atoms with Crippen LogP contribution in [0.15, 0.2) is 54.6 Å². The van der Waals surface area contributed by atoms with Crippen molar-refractivity contribution < 1.29 is 9.59 Å². The summed E-state index contributed by atoms with van der Waals surface area (Å²) in [7, 11) is 0. The van der Waals surface area contributed by atoms with E-state index in [1.54, 1.807) is 0 Å². The van der Waals surface area contributed by atoms with Gasteiger partial charge in [-0.1, -0.05) is 42.5 Å². The van der Waals surface area contributed by atoms with Crippen molar-refractivity contribution in [3.05, 3.63) is 65.7 Å². The lowest BCUT2D eigenvalue weighted by Crippen LogP contribution is -2.14. The number of rotatable bonds is 9. The smallest absolute Gasteiger partial charge is 0.228 e. The van der Waals surface area contributed by atoms with Crippen molar-refractivity contribution in [3.63, 3.8) is 0 Å². The number of Topliss-reactive ketones (excluding diaryl/α,β-unsaturated/α-hetero) is 1. The lowest BCUT2D eigenvalue weighted by molar-refractivity contribution is -0.118. The molecule has 0 atom stereocenters. The van der Waals surface area contributed by atoms with Crippen molar-refractivity contribution in [2.24, 2.45) is 5.73 Å². The summed E-state index contributed by atoms with van der Waals surface area (Å²) in [6.07, 6.45) is 3.10. The number of carbonyl (C=O) groups is 2. The summed E-state index contributed by atoms with van der Waals surface area (Å²) < 4.78 is 0. The van der Waals surface area contributed by atoms with E-state index in [9.17, 15) is 9.59 Å². The molecule has 2 rings (SSSR count). The molecule has 0 bridgehead atoms. The zero-order chi connectivity index (χ0) is 17.2. The van der Waals surface area contributed by atoms with Gasteiger partial charge in [-0.15, -0.1) is 0 Å². The van der Waals surface area contributed by atoms with Crippen molar-refractivity contribution in [2.45, 2.75) is 32.1 Å². The van der Waals surface area contributed by atoms with Gasteiger partial charge in [0.25, 0.3) is 0 Å². The number of ketones is 1. The highest BCUT2D eigenvalue weighted by Crippen LogP contribution is 2.12. The number of hydrogen-bond acceptors (Lipinski definition) is 3. The van der Waals surface area contributed by atoms with Crippen molar-refractivity contribution in [1.29, 1.82) is 0 Å². The molecule has 0 aliphatic carbocycles. The second-order valence-electron chi connectivity index (χ2n) is 5.87. The van der Waals surface area contributed by atoms with Crippen molar-refractivity contribution in [1.82, 2.24) is 0 Å². The summed E-state index contributed by atoms with van der Waals surface area (Å²) >= 11 is 0. The van der Waals surface area contributed by atoms with Crippen LogP contribution in [-0.2, 0) is 22.4 Å². The van der Waals surface area contributed by atoms with Crippen LogP contribution in [0, 0.1) is 0 Å². The number of benzene rings is 2. The van der Waals surface area contributed by atoms with Gasteiger partial charge in [0.1, 0.15) is 5.78 Å². The van der Waals surface area contributed by atoms with E-state index in [1.165, 1.54) is 0 Å². The maximum absolute atomic E-state index is 12.0. The molecule has 0 fully saturated rings. The summed E-state index contributed by atoms with van der Waals surface area (Å²) in [6, 6.07) is 17.1. The third-order valence-electron chi connectivity index (χ3n) is 3.76. The van der Waals surface area contributed by atoms with Gasteiger partial charge in [-0.25, -0.2) is 0 Å². The number of carbonyl (C=O) groups excluding carboxylic acids is 2. The number of amides is 1. The molecule has 0 aliphatic heterocycles. The fraction of sp³-hybridized carbons (Fsp3) is 0.300. The second-order valence-corrected chi connectivity index (χ2v) is 5.87. The maximum Gasteiger partial charge on any atom is 0.228 e. The minimum atomic E-state index is -0.0492. The second kappa shape index (κ2) is 9.63. The summed E-state index contributed by atoms with van der Waals surface area (Å²) in [5, 5.41) is 2.88. The van der Waals surface area contributed by atoms with Crippen LogP contribution in [-0.4, -0.2) is 18.2 Å². The molecule has 0 unspecified atom stereocenters. The highest BCUT2D eigenvalue weighted by molar-refractivity contribution is 5.92. The Balaban J connectivity index is 1.81. The summed E-state index contributed by atoms with van der Waals surface area (Å²) in [6.45, 7) is 0.630. The molecule has 24 heavy (non-hydrogen) atoms. The molecule has 0 radical (unpaired) electrons. The molecular formula is C20H24N2O2. The number of unbranched alkanes of at least 4 members (excludes halogenated alkanes) is 1. The van der Waals surface area contributed by atoms with Crippen LogP contribution in [0.5, 0.6) is 0 Å². The average molecular weight is 324 g/mol. The Bertz CT molecular complexity index is 651. The van der Waals surface area contributed by atoms with E-state index in [-0.39, 0.29) is 11.7 Å². The number of anilines is 1. The molecule has 0 aromatic heterocycles. The average Bonchev–Trinajstić information content (AvgIpc) is 2.58. The zero-order valence-corrected chi connectivity index (χ0v) is 13.8. The SMILES string of the molecule is NCCCCC(=O)Cc1ccc(NC(=O)Cc2ccccc2)cc1. The van der Waals surface area contributed by atoms with E-state index < -0.39 is 0 Å².